The van der Waals surface area contributed by atoms with E-state index in [1.807, 2.05) is 0 Å². The molecule has 0 spiro atoms. The maximum atomic E-state index is 12.5. The van der Waals surface area contributed by atoms with E-state index in [1.165, 1.54) is 12.1 Å². The van der Waals surface area contributed by atoms with E-state index in [1.54, 1.807) is 12.1 Å². The van der Waals surface area contributed by atoms with Crippen LogP contribution in [-0.2, 0) is 6.54 Å². The molecule has 4 heteroatoms. The Hall–Kier alpha value is -1.00. The number of nitrogens with zero attached hydrogens (tertiary/aromatic N) is 1. The molecule has 0 bridgehead atoms. The molecule has 0 aliphatic heterocycles. The average Bonchev–Trinajstić information content (AvgIpc) is 2.38. The molecule has 1 aromatic rings. The second-order valence-electron chi connectivity index (χ2n) is 5.71. The fourth-order valence-electron chi connectivity index (χ4n) is 1.98. The van der Waals surface area contributed by atoms with Crippen LogP contribution in [0.25, 0.3) is 0 Å². The molecule has 0 heterocycles. The molecular weight excluding hydrogens is 246 g/mol. The van der Waals surface area contributed by atoms with Gasteiger partial charge in [0.15, 0.2) is 0 Å². The number of benzene rings is 1. The highest BCUT2D eigenvalue weighted by molar-refractivity contribution is 5.23. The number of hydrogen-bond acceptors (Lipinski definition) is 2. The Labute approximate surface area is 114 Å². The van der Waals surface area contributed by atoms with Gasteiger partial charge in [0.05, 0.1) is 0 Å². The average molecular weight is 270 g/mol. The maximum absolute atomic E-state index is 12.5. The third-order valence-corrected chi connectivity index (χ3v) is 3.29. The normalized spacial score (nSPS) is 12.4. The largest absolute Gasteiger partial charge is 0.330 e. The Balaban J connectivity index is 2.65. The molecule has 0 saturated carbocycles. The van der Waals surface area contributed by atoms with Gasteiger partial charge < -0.3 is 5.73 Å². The van der Waals surface area contributed by atoms with Crippen LogP contribution in [0.5, 0.6) is 0 Å². The Morgan fingerprint density at radius 3 is 2.21 bits per heavy atom. The number of halogens is 2. The molecule has 1 aromatic carbocycles. The van der Waals surface area contributed by atoms with Gasteiger partial charge in [-0.2, -0.15) is 0 Å². The van der Waals surface area contributed by atoms with Crippen molar-refractivity contribution in [2.75, 3.05) is 19.6 Å². The van der Waals surface area contributed by atoms with E-state index in [0.29, 0.717) is 6.54 Å². The van der Waals surface area contributed by atoms with Gasteiger partial charge in [0.1, 0.15) is 0 Å². The minimum atomic E-state index is -2.40. The van der Waals surface area contributed by atoms with E-state index in [0.717, 1.165) is 25.2 Å². The Bertz CT molecular complexity index is 374. The zero-order valence-corrected chi connectivity index (χ0v) is 12.0. The molecule has 0 radical (unpaired) electrons. The topological polar surface area (TPSA) is 29.3 Å². The summed E-state index contributed by atoms with van der Waals surface area (Å²) in [5.41, 5.74) is 6.95. The van der Waals surface area contributed by atoms with Crippen molar-refractivity contribution in [1.82, 2.24) is 4.90 Å². The minimum absolute atomic E-state index is 0.0684. The summed E-state index contributed by atoms with van der Waals surface area (Å²) >= 11 is 0. The monoisotopic (exact) mass is 270 g/mol. The molecule has 0 aliphatic carbocycles. The summed E-state index contributed by atoms with van der Waals surface area (Å²) in [5, 5.41) is 0. The maximum Gasteiger partial charge on any atom is 0.263 e. The second kappa shape index (κ2) is 6.96. The molecule has 2 nitrogen and oxygen atoms in total. The van der Waals surface area contributed by atoms with E-state index in [2.05, 4.69) is 25.7 Å². The summed E-state index contributed by atoms with van der Waals surface area (Å²) in [7, 11) is 0. The standard InChI is InChI=1S/C15H24F2N2/c1-4-19(11-15(2,3)10-18)9-12-5-7-13(8-6-12)14(16)17/h5-8,14H,4,9-11,18H2,1-3H3. The van der Waals surface area contributed by atoms with E-state index >= 15 is 0 Å². The Morgan fingerprint density at radius 2 is 1.79 bits per heavy atom. The lowest BCUT2D eigenvalue weighted by Crippen LogP contribution is -2.38. The lowest BCUT2D eigenvalue weighted by Gasteiger charge is -2.31. The highest BCUT2D eigenvalue weighted by atomic mass is 19.3. The van der Waals surface area contributed by atoms with Crippen molar-refractivity contribution in [1.29, 1.82) is 0 Å². The molecule has 108 valence electrons. The van der Waals surface area contributed by atoms with Gasteiger partial charge >= 0.3 is 0 Å². The summed E-state index contributed by atoms with van der Waals surface area (Å²) in [4.78, 5) is 2.28. The summed E-state index contributed by atoms with van der Waals surface area (Å²) in [6, 6.07) is 6.56. The Kier molecular flexibility index (Phi) is 5.88. The quantitative estimate of drug-likeness (QED) is 0.822. The summed E-state index contributed by atoms with van der Waals surface area (Å²) in [6.45, 7) is 9.58. The van der Waals surface area contributed by atoms with Crippen molar-refractivity contribution < 1.29 is 8.78 Å². The molecule has 0 saturated heterocycles. The fraction of sp³-hybridized carbons (Fsp3) is 0.600. The molecule has 19 heavy (non-hydrogen) atoms. The van der Waals surface area contributed by atoms with Gasteiger partial charge in [-0.25, -0.2) is 8.78 Å². The predicted octanol–water partition coefficient (Wildman–Crippen LogP) is 3.43. The van der Waals surface area contributed by atoms with Gasteiger partial charge in [0.2, 0.25) is 0 Å². The first-order valence-electron chi connectivity index (χ1n) is 6.67. The van der Waals surface area contributed by atoms with E-state index < -0.39 is 6.43 Å². The van der Waals surface area contributed by atoms with Crippen LogP contribution in [0.2, 0.25) is 0 Å². The van der Waals surface area contributed by atoms with Crippen LogP contribution in [0.3, 0.4) is 0 Å². The van der Waals surface area contributed by atoms with E-state index in [9.17, 15) is 8.78 Å². The first-order chi connectivity index (χ1) is 8.88. The van der Waals surface area contributed by atoms with Crippen LogP contribution in [0.1, 0.15) is 38.3 Å². The molecule has 0 aromatic heterocycles. The lowest BCUT2D eigenvalue weighted by molar-refractivity contribution is 0.151. The second-order valence-corrected chi connectivity index (χ2v) is 5.71. The fourth-order valence-corrected chi connectivity index (χ4v) is 1.98. The summed E-state index contributed by atoms with van der Waals surface area (Å²) in [5.74, 6) is 0. The molecule has 2 N–H and O–H groups in total. The van der Waals surface area contributed by atoms with Crippen molar-refractivity contribution in [3.63, 3.8) is 0 Å². The first kappa shape index (κ1) is 16.1. The molecular formula is C15H24F2N2. The van der Waals surface area contributed by atoms with Gasteiger partial charge in [-0.15, -0.1) is 0 Å². The smallest absolute Gasteiger partial charge is 0.263 e. The highest BCUT2D eigenvalue weighted by Crippen LogP contribution is 2.20. The van der Waals surface area contributed by atoms with Crippen LogP contribution in [-0.4, -0.2) is 24.5 Å². The van der Waals surface area contributed by atoms with Gasteiger partial charge in [-0.05, 0) is 24.1 Å². The molecule has 0 unspecified atom stereocenters. The predicted molar refractivity (Wildman–Crippen MR) is 75.2 cm³/mol. The third-order valence-electron chi connectivity index (χ3n) is 3.29. The zero-order chi connectivity index (χ0) is 14.5. The van der Waals surface area contributed by atoms with Crippen LogP contribution in [0, 0.1) is 5.41 Å². The molecule has 0 atom stereocenters. The summed E-state index contributed by atoms with van der Waals surface area (Å²) in [6.07, 6.45) is -2.40. The van der Waals surface area contributed by atoms with Gasteiger partial charge in [-0.1, -0.05) is 45.0 Å². The SMILES string of the molecule is CCN(Cc1ccc(C(F)F)cc1)CC(C)(C)CN. The van der Waals surface area contributed by atoms with Crippen LogP contribution in [0.4, 0.5) is 8.78 Å². The number of alkyl halides is 2. The molecule has 0 aliphatic rings. The van der Waals surface area contributed by atoms with Gasteiger partial charge in [-0.3, -0.25) is 4.90 Å². The van der Waals surface area contributed by atoms with Crippen LogP contribution >= 0.6 is 0 Å². The van der Waals surface area contributed by atoms with Gasteiger partial charge in [0, 0.05) is 18.7 Å². The van der Waals surface area contributed by atoms with Gasteiger partial charge in [0.25, 0.3) is 6.43 Å². The summed E-state index contributed by atoms with van der Waals surface area (Å²) < 4.78 is 24.9. The number of hydrogen-bond donors (Lipinski definition) is 1. The van der Waals surface area contributed by atoms with Crippen molar-refractivity contribution in [3.8, 4) is 0 Å². The number of rotatable bonds is 7. The molecule has 0 fully saturated rings. The number of nitrogens with two attached hydrogens (primary N) is 1. The van der Waals surface area contributed by atoms with Crippen molar-refractivity contribution >= 4 is 0 Å². The van der Waals surface area contributed by atoms with Crippen molar-refractivity contribution in [3.05, 3.63) is 35.4 Å². The molecule has 0 amide bonds. The van der Waals surface area contributed by atoms with Crippen molar-refractivity contribution in [2.45, 2.75) is 33.7 Å². The Morgan fingerprint density at radius 1 is 1.21 bits per heavy atom. The van der Waals surface area contributed by atoms with Crippen molar-refractivity contribution in [2.24, 2.45) is 11.1 Å². The molecule has 1 rings (SSSR count). The minimum Gasteiger partial charge on any atom is -0.330 e. The van der Waals surface area contributed by atoms with Crippen LogP contribution < -0.4 is 5.73 Å². The van der Waals surface area contributed by atoms with Crippen LogP contribution in [0.15, 0.2) is 24.3 Å². The van der Waals surface area contributed by atoms with E-state index in [-0.39, 0.29) is 11.0 Å². The van der Waals surface area contributed by atoms with E-state index in [4.69, 9.17) is 5.73 Å². The zero-order valence-electron chi connectivity index (χ0n) is 12.0. The first-order valence-corrected chi connectivity index (χ1v) is 6.67. The third kappa shape index (κ3) is 5.25. The highest BCUT2D eigenvalue weighted by Gasteiger charge is 2.19. The lowest BCUT2D eigenvalue weighted by atomic mass is 9.93.